The Balaban J connectivity index is 1.53. The second-order valence-electron chi connectivity index (χ2n) is 7.22. The molecule has 1 aromatic heterocycles. The van der Waals surface area contributed by atoms with Gasteiger partial charge in [-0.05, 0) is 23.6 Å². The van der Waals surface area contributed by atoms with Crippen molar-refractivity contribution in [1.82, 2.24) is 14.8 Å². The molecule has 1 aliphatic heterocycles. The number of aromatic amines is 1. The Bertz CT molecular complexity index is 847. The van der Waals surface area contributed by atoms with Crippen LogP contribution in [-0.4, -0.2) is 53.4 Å². The van der Waals surface area contributed by atoms with Gasteiger partial charge in [-0.15, -0.1) is 0 Å². The van der Waals surface area contributed by atoms with Crippen LogP contribution in [0.15, 0.2) is 53.3 Å². The summed E-state index contributed by atoms with van der Waals surface area (Å²) in [5.74, 6) is 0.0559. The monoisotopic (exact) mass is 365 g/mol. The molecular formula is C22H27N3O2. The second kappa shape index (κ2) is 8.82. The van der Waals surface area contributed by atoms with E-state index in [0.717, 1.165) is 25.3 Å². The molecule has 5 nitrogen and oxygen atoms in total. The second-order valence-corrected chi connectivity index (χ2v) is 7.22. The van der Waals surface area contributed by atoms with Gasteiger partial charge < -0.3 is 9.88 Å². The number of nitrogens with one attached hydrogen (secondary N) is 1. The zero-order valence-electron chi connectivity index (χ0n) is 16.0. The van der Waals surface area contributed by atoms with Crippen molar-refractivity contribution in [1.29, 1.82) is 0 Å². The molecule has 0 radical (unpaired) electrons. The Morgan fingerprint density at radius 2 is 1.78 bits per heavy atom. The molecule has 3 rings (SSSR count). The standard InChI is InChI=1S/C22H27N3O2/c1-17(2)20-11-10-19(21(26)23-20)22(27)25-15-13-24(14-16-25)12-6-9-18-7-4-3-5-8-18/h3-11,17H,12-16H2,1-2H3,(H,23,26)/b9-6+. The first-order chi connectivity index (χ1) is 13.0. The first kappa shape index (κ1) is 19.1. The number of benzene rings is 1. The summed E-state index contributed by atoms with van der Waals surface area (Å²) in [5, 5.41) is 0. The predicted octanol–water partition coefficient (Wildman–Crippen LogP) is 2.97. The van der Waals surface area contributed by atoms with E-state index in [1.807, 2.05) is 38.1 Å². The molecule has 142 valence electrons. The van der Waals surface area contributed by atoms with Gasteiger partial charge in [0, 0.05) is 38.4 Å². The lowest BCUT2D eigenvalue weighted by Crippen LogP contribution is -2.49. The normalized spacial score (nSPS) is 15.6. The van der Waals surface area contributed by atoms with Crippen LogP contribution in [0.25, 0.3) is 6.08 Å². The molecule has 27 heavy (non-hydrogen) atoms. The Morgan fingerprint density at radius 1 is 1.07 bits per heavy atom. The number of hydrogen-bond acceptors (Lipinski definition) is 3. The summed E-state index contributed by atoms with van der Waals surface area (Å²) in [5.41, 5.74) is 1.98. The average Bonchev–Trinajstić information content (AvgIpc) is 2.69. The molecule has 0 aliphatic carbocycles. The SMILES string of the molecule is CC(C)c1ccc(C(=O)N2CCN(C/C=C/c3ccccc3)CC2)c(=O)[nH]1. The smallest absolute Gasteiger partial charge is 0.261 e. The fourth-order valence-electron chi connectivity index (χ4n) is 3.20. The third kappa shape index (κ3) is 4.95. The fourth-order valence-corrected chi connectivity index (χ4v) is 3.20. The van der Waals surface area contributed by atoms with E-state index in [1.54, 1.807) is 11.0 Å². The van der Waals surface area contributed by atoms with Gasteiger partial charge in [-0.1, -0.05) is 56.3 Å². The third-order valence-corrected chi connectivity index (χ3v) is 4.92. The van der Waals surface area contributed by atoms with Crippen molar-refractivity contribution in [2.24, 2.45) is 0 Å². The van der Waals surface area contributed by atoms with Crippen LogP contribution in [0.3, 0.4) is 0 Å². The summed E-state index contributed by atoms with van der Waals surface area (Å²) < 4.78 is 0. The molecule has 1 saturated heterocycles. The minimum atomic E-state index is -0.292. The molecule has 1 aromatic carbocycles. The number of H-pyrrole nitrogens is 1. The van der Waals surface area contributed by atoms with Crippen LogP contribution >= 0.6 is 0 Å². The largest absolute Gasteiger partial charge is 0.336 e. The maximum atomic E-state index is 12.7. The molecule has 0 saturated carbocycles. The lowest BCUT2D eigenvalue weighted by molar-refractivity contribution is 0.0648. The lowest BCUT2D eigenvalue weighted by Gasteiger charge is -2.34. The van der Waals surface area contributed by atoms with E-state index >= 15 is 0 Å². The average molecular weight is 365 g/mol. The molecule has 5 heteroatoms. The minimum absolute atomic E-state index is 0.175. The number of rotatable bonds is 5. The summed E-state index contributed by atoms with van der Waals surface area (Å²) >= 11 is 0. The van der Waals surface area contributed by atoms with Gasteiger partial charge in [-0.2, -0.15) is 0 Å². The lowest BCUT2D eigenvalue weighted by atomic mass is 10.1. The van der Waals surface area contributed by atoms with Gasteiger partial charge in [0.25, 0.3) is 11.5 Å². The van der Waals surface area contributed by atoms with Crippen LogP contribution in [0.4, 0.5) is 0 Å². The quantitative estimate of drug-likeness (QED) is 0.886. The van der Waals surface area contributed by atoms with Crippen LogP contribution in [0.1, 0.15) is 41.4 Å². The summed E-state index contributed by atoms with van der Waals surface area (Å²) in [6, 6.07) is 13.7. The van der Waals surface area contributed by atoms with E-state index in [4.69, 9.17) is 0 Å². The third-order valence-electron chi connectivity index (χ3n) is 4.92. The Hall–Kier alpha value is -2.66. The molecule has 1 fully saturated rings. The van der Waals surface area contributed by atoms with Crippen molar-refractivity contribution >= 4 is 12.0 Å². The highest BCUT2D eigenvalue weighted by molar-refractivity contribution is 5.93. The van der Waals surface area contributed by atoms with E-state index in [9.17, 15) is 9.59 Å². The van der Waals surface area contributed by atoms with Crippen molar-refractivity contribution in [3.05, 3.63) is 75.7 Å². The maximum absolute atomic E-state index is 12.7. The molecule has 2 aromatic rings. The first-order valence-corrected chi connectivity index (χ1v) is 9.51. The first-order valence-electron chi connectivity index (χ1n) is 9.51. The van der Waals surface area contributed by atoms with Gasteiger partial charge in [0.15, 0.2) is 0 Å². The van der Waals surface area contributed by atoms with Crippen molar-refractivity contribution in [2.75, 3.05) is 32.7 Å². The molecule has 2 heterocycles. The van der Waals surface area contributed by atoms with Crippen LogP contribution in [0, 0.1) is 0 Å². The van der Waals surface area contributed by atoms with Crippen LogP contribution in [0.5, 0.6) is 0 Å². The van der Waals surface area contributed by atoms with Gasteiger partial charge in [-0.3, -0.25) is 14.5 Å². The number of carbonyl (C=O) groups is 1. The molecule has 1 amide bonds. The van der Waals surface area contributed by atoms with Crippen molar-refractivity contribution in [3.63, 3.8) is 0 Å². The number of amides is 1. The Morgan fingerprint density at radius 3 is 2.41 bits per heavy atom. The molecule has 0 spiro atoms. The number of nitrogens with zero attached hydrogens (tertiary/aromatic N) is 2. The number of aromatic nitrogens is 1. The predicted molar refractivity (Wildman–Crippen MR) is 109 cm³/mol. The molecule has 1 aliphatic rings. The highest BCUT2D eigenvalue weighted by Crippen LogP contribution is 2.11. The summed E-state index contributed by atoms with van der Waals surface area (Å²) in [7, 11) is 0. The maximum Gasteiger partial charge on any atom is 0.261 e. The van der Waals surface area contributed by atoms with E-state index in [0.29, 0.717) is 13.1 Å². The number of piperazine rings is 1. The summed E-state index contributed by atoms with van der Waals surface area (Å²) in [6.07, 6.45) is 4.27. The Labute approximate surface area is 160 Å². The summed E-state index contributed by atoms with van der Waals surface area (Å²) in [4.78, 5) is 31.8. The highest BCUT2D eigenvalue weighted by atomic mass is 16.2. The van der Waals surface area contributed by atoms with Gasteiger partial charge in [0.1, 0.15) is 5.56 Å². The molecule has 0 bridgehead atoms. The topological polar surface area (TPSA) is 56.4 Å². The summed E-state index contributed by atoms with van der Waals surface area (Å²) in [6.45, 7) is 7.80. The molecule has 0 atom stereocenters. The van der Waals surface area contributed by atoms with Crippen molar-refractivity contribution in [2.45, 2.75) is 19.8 Å². The van der Waals surface area contributed by atoms with Crippen LogP contribution < -0.4 is 5.56 Å². The molecule has 1 N–H and O–H groups in total. The number of hydrogen-bond donors (Lipinski definition) is 1. The van der Waals surface area contributed by atoms with Gasteiger partial charge >= 0.3 is 0 Å². The zero-order chi connectivity index (χ0) is 19.2. The molecule has 0 unspecified atom stereocenters. The minimum Gasteiger partial charge on any atom is -0.336 e. The fraction of sp³-hybridized carbons (Fsp3) is 0.364. The van der Waals surface area contributed by atoms with Crippen LogP contribution in [0.2, 0.25) is 0 Å². The van der Waals surface area contributed by atoms with Crippen molar-refractivity contribution in [3.8, 4) is 0 Å². The van der Waals surface area contributed by atoms with Gasteiger partial charge in [0.05, 0.1) is 0 Å². The zero-order valence-corrected chi connectivity index (χ0v) is 16.0. The van der Waals surface area contributed by atoms with E-state index < -0.39 is 0 Å². The van der Waals surface area contributed by atoms with Crippen LogP contribution in [-0.2, 0) is 0 Å². The van der Waals surface area contributed by atoms with E-state index in [1.165, 1.54) is 5.56 Å². The highest BCUT2D eigenvalue weighted by Gasteiger charge is 2.23. The Kier molecular flexibility index (Phi) is 6.24. The molecular weight excluding hydrogens is 338 g/mol. The van der Waals surface area contributed by atoms with E-state index in [2.05, 4.69) is 34.2 Å². The van der Waals surface area contributed by atoms with E-state index in [-0.39, 0.29) is 22.9 Å². The number of carbonyl (C=O) groups excluding carboxylic acids is 1. The van der Waals surface area contributed by atoms with Crippen molar-refractivity contribution < 1.29 is 4.79 Å². The van der Waals surface area contributed by atoms with Gasteiger partial charge in [0.2, 0.25) is 0 Å². The van der Waals surface area contributed by atoms with Gasteiger partial charge in [-0.25, -0.2) is 0 Å². The number of pyridine rings is 1.